The van der Waals surface area contributed by atoms with Gasteiger partial charge in [0.15, 0.2) is 0 Å². The predicted molar refractivity (Wildman–Crippen MR) is 85.8 cm³/mol. The summed E-state index contributed by atoms with van der Waals surface area (Å²) in [6, 6.07) is 3.97. The van der Waals surface area contributed by atoms with Crippen molar-refractivity contribution in [2.24, 2.45) is 17.6 Å². The van der Waals surface area contributed by atoms with Crippen LogP contribution < -0.4 is 11.1 Å². The van der Waals surface area contributed by atoms with E-state index in [0.717, 1.165) is 24.0 Å². The number of rotatable bonds is 3. The molecule has 1 amide bonds. The second kappa shape index (κ2) is 6.42. The highest BCUT2D eigenvalue weighted by atomic mass is 79.9. The van der Waals surface area contributed by atoms with Gasteiger partial charge in [0.1, 0.15) is 5.82 Å². The van der Waals surface area contributed by atoms with Crippen molar-refractivity contribution in [3.63, 3.8) is 0 Å². The number of hydrogen-bond acceptors (Lipinski definition) is 4. The lowest BCUT2D eigenvalue weighted by molar-refractivity contribution is -0.117. The second-order valence-corrected chi connectivity index (χ2v) is 7.04. The maximum Gasteiger partial charge on any atom is 0.239 e. The van der Waals surface area contributed by atoms with Crippen molar-refractivity contribution in [1.82, 2.24) is 9.88 Å². The van der Waals surface area contributed by atoms with E-state index < -0.39 is 0 Å². The van der Waals surface area contributed by atoms with E-state index in [4.69, 9.17) is 5.73 Å². The van der Waals surface area contributed by atoms with Gasteiger partial charge in [-0.2, -0.15) is 0 Å². The third kappa shape index (κ3) is 3.62. The molecular weight excluding hydrogens is 332 g/mol. The SMILES string of the molecule is NC1CCCC2CN(CC(=O)Nc3ccc(Br)cn3)CC12. The molecule has 2 heterocycles. The summed E-state index contributed by atoms with van der Waals surface area (Å²) in [5, 5.41) is 2.84. The van der Waals surface area contributed by atoms with Crippen LogP contribution >= 0.6 is 15.9 Å². The van der Waals surface area contributed by atoms with E-state index in [0.29, 0.717) is 30.2 Å². The van der Waals surface area contributed by atoms with Crippen LogP contribution in [-0.4, -0.2) is 41.5 Å². The number of carbonyl (C=O) groups excluding carboxylic acids is 1. The first-order chi connectivity index (χ1) is 10.1. The molecule has 1 saturated heterocycles. The molecule has 2 aliphatic rings. The molecule has 2 fully saturated rings. The van der Waals surface area contributed by atoms with Crippen LogP contribution in [0.1, 0.15) is 19.3 Å². The fraction of sp³-hybridized carbons (Fsp3) is 0.600. The molecule has 114 valence electrons. The Balaban J connectivity index is 1.52. The molecule has 1 aliphatic carbocycles. The van der Waals surface area contributed by atoms with Crippen molar-refractivity contribution in [2.45, 2.75) is 25.3 Å². The number of hydrogen-bond donors (Lipinski definition) is 2. The molecule has 0 radical (unpaired) electrons. The summed E-state index contributed by atoms with van der Waals surface area (Å²) in [5.74, 6) is 1.83. The summed E-state index contributed by atoms with van der Waals surface area (Å²) in [7, 11) is 0. The zero-order valence-corrected chi connectivity index (χ0v) is 13.6. The Morgan fingerprint density at radius 2 is 2.29 bits per heavy atom. The zero-order chi connectivity index (χ0) is 14.8. The van der Waals surface area contributed by atoms with Crippen LogP contribution in [0.3, 0.4) is 0 Å². The van der Waals surface area contributed by atoms with Crippen LogP contribution in [0.2, 0.25) is 0 Å². The van der Waals surface area contributed by atoms with Crippen LogP contribution in [0.25, 0.3) is 0 Å². The first kappa shape index (κ1) is 14.9. The van der Waals surface area contributed by atoms with Crippen molar-refractivity contribution < 1.29 is 4.79 Å². The largest absolute Gasteiger partial charge is 0.327 e. The first-order valence-corrected chi connectivity index (χ1v) is 8.30. The van der Waals surface area contributed by atoms with Crippen molar-refractivity contribution in [3.8, 4) is 0 Å². The molecule has 1 saturated carbocycles. The Hall–Kier alpha value is -0.980. The number of fused-ring (bicyclic) bond motifs is 1. The lowest BCUT2D eigenvalue weighted by Crippen LogP contribution is -2.38. The van der Waals surface area contributed by atoms with Crippen LogP contribution in [0, 0.1) is 11.8 Å². The van der Waals surface area contributed by atoms with Crippen LogP contribution in [0.4, 0.5) is 5.82 Å². The van der Waals surface area contributed by atoms with E-state index in [1.54, 1.807) is 12.3 Å². The molecule has 21 heavy (non-hydrogen) atoms. The molecular formula is C15H21BrN4O. The monoisotopic (exact) mass is 352 g/mol. The second-order valence-electron chi connectivity index (χ2n) is 6.12. The van der Waals surface area contributed by atoms with Gasteiger partial charge in [-0.25, -0.2) is 4.98 Å². The van der Waals surface area contributed by atoms with Crippen molar-refractivity contribution in [2.75, 3.05) is 25.0 Å². The number of amides is 1. The summed E-state index contributed by atoms with van der Waals surface area (Å²) in [6.45, 7) is 2.38. The highest BCUT2D eigenvalue weighted by molar-refractivity contribution is 9.10. The smallest absolute Gasteiger partial charge is 0.239 e. The minimum Gasteiger partial charge on any atom is -0.327 e. The molecule has 3 atom stereocenters. The Bertz CT molecular complexity index is 507. The highest BCUT2D eigenvalue weighted by Gasteiger charge is 2.38. The highest BCUT2D eigenvalue weighted by Crippen LogP contribution is 2.35. The van der Waals surface area contributed by atoms with Crippen molar-refractivity contribution in [3.05, 3.63) is 22.8 Å². The summed E-state index contributed by atoms with van der Waals surface area (Å²) < 4.78 is 0.901. The summed E-state index contributed by atoms with van der Waals surface area (Å²) >= 11 is 3.33. The Morgan fingerprint density at radius 3 is 3.00 bits per heavy atom. The minimum absolute atomic E-state index is 0.00274. The van der Waals surface area contributed by atoms with Crippen LogP contribution in [0.5, 0.6) is 0 Å². The molecule has 3 rings (SSSR count). The molecule has 1 aliphatic heterocycles. The van der Waals surface area contributed by atoms with Crippen LogP contribution in [-0.2, 0) is 4.79 Å². The third-order valence-electron chi connectivity index (χ3n) is 4.59. The molecule has 0 aromatic carbocycles. The fourth-order valence-corrected chi connectivity index (χ4v) is 3.81. The maximum atomic E-state index is 12.1. The van der Waals surface area contributed by atoms with Crippen LogP contribution in [0.15, 0.2) is 22.8 Å². The third-order valence-corrected chi connectivity index (χ3v) is 5.06. The molecule has 1 aromatic heterocycles. The number of nitrogens with zero attached hydrogens (tertiary/aromatic N) is 2. The molecule has 1 aromatic rings. The Labute approximate surface area is 133 Å². The minimum atomic E-state index is -0.00274. The Morgan fingerprint density at radius 1 is 1.43 bits per heavy atom. The van der Waals surface area contributed by atoms with E-state index in [2.05, 4.69) is 31.1 Å². The topological polar surface area (TPSA) is 71.2 Å². The zero-order valence-electron chi connectivity index (χ0n) is 12.0. The lowest BCUT2D eigenvalue weighted by atomic mass is 9.78. The van der Waals surface area contributed by atoms with E-state index in [1.807, 2.05) is 6.07 Å². The number of nitrogens with two attached hydrogens (primary N) is 1. The normalized spacial score (nSPS) is 29.1. The maximum absolute atomic E-state index is 12.1. The summed E-state index contributed by atoms with van der Waals surface area (Å²) in [5.41, 5.74) is 6.21. The fourth-order valence-electron chi connectivity index (χ4n) is 3.57. The van der Waals surface area contributed by atoms with Gasteiger partial charge in [0.2, 0.25) is 5.91 Å². The van der Waals surface area contributed by atoms with Gasteiger partial charge in [0.25, 0.3) is 0 Å². The standard InChI is InChI=1S/C15H21BrN4O/c16-11-4-5-14(18-6-11)19-15(21)9-20-7-10-2-1-3-13(17)12(10)8-20/h4-6,10,12-13H,1-3,7-9,17H2,(H,18,19,21). The van der Waals surface area contributed by atoms with Gasteiger partial charge >= 0.3 is 0 Å². The molecule has 3 N–H and O–H groups in total. The number of carbonyl (C=O) groups is 1. The van der Waals surface area contributed by atoms with Gasteiger partial charge < -0.3 is 11.1 Å². The van der Waals surface area contributed by atoms with Crippen molar-refractivity contribution in [1.29, 1.82) is 0 Å². The number of nitrogens with one attached hydrogen (secondary N) is 1. The van der Waals surface area contributed by atoms with Gasteiger partial charge in [0, 0.05) is 29.8 Å². The van der Waals surface area contributed by atoms with Gasteiger partial charge in [-0.1, -0.05) is 6.42 Å². The van der Waals surface area contributed by atoms with Gasteiger partial charge in [0.05, 0.1) is 6.54 Å². The Kier molecular flexibility index (Phi) is 4.57. The molecule has 5 nitrogen and oxygen atoms in total. The van der Waals surface area contributed by atoms with E-state index >= 15 is 0 Å². The lowest BCUT2D eigenvalue weighted by Gasteiger charge is -2.29. The first-order valence-electron chi connectivity index (χ1n) is 7.51. The van der Waals surface area contributed by atoms with Gasteiger partial charge in [-0.3, -0.25) is 9.69 Å². The van der Waals surface area contributed by atoms with Gasteiger partial charge in [-0.15, -0.1) is 0 Å². The summed E-state index contributed by atoms with van der Waals surface area (Å²) in [6.07, 6.45) is 5.29. The number of halogens is 1. The summed E-state index contributed by atoms with van der Waals surface area (Å²) in [4.78, 5) is 18.5. The molecule has 3 unspecified atom stereocenters. The molecule has 0 bridgehead atoms. The average molecular weight is 353 g/mol. The average Bonchev–Trinajstić information content (AvgIpc) is 2.85. The number of pyridine rings is 1. The molecule has 6 heteroatoms. The van der Waals surface area contributed by atoms with E-state index in [-0.39, 0.29) is 5.91 Å². The molecule has 0 spiro atoms. The van der Waals surface area contributed by atoms with Gasteiger partial charge in [-0.05, 0) is 52.7 Å². The quantitative estimate of drug-likeness (QED) is 0.870. The number of anilines is 1. The van der Waals surface area contributed by atoms with Crippen molar-refractivity contribution >= 4 is 27.7 Å². The van der Waals surface area contributed by atoms with E-state index in [9.17, 15) is 4.79 Å². The number of aromatic nitrogens is 1. The number of likely N-dealkylation sites (tertiary alicyclic amines) is 1. The van der Waals surface area contributed by atoms with E-state index in [1.165, 1.54) is 12.8 Å². The predicted octanol–water partition coefficient (Wildman–Crippen LogP) is 1.84.